The molecule has 0 aliphatic carbocycles. The van der Waals surface area contributed by atoms with Crippen molar-refractivity contribution >= 4 is 5.91 Å². The fourth-order valence-electron chi connectivity index (χ4n) is 1.63. The average molecular weight is 251 g/mol. The molecule has 0 fully saturated rings. The van der Waals surface area contributed by atoms with Gasteiger partial charge in [0.1, 0.15) is 12.4 Å². The smallest absolute Gasteiger partial charge is 0.245 e. The number of rotatable bonds is 4. The second-order valence-corrected chi connectivity index (χ2v) is 5.21. The highest BCUT2D eigenvalue weighted by Crippen LogP contribution is 2.27. The number of hydrogen-bond acceptors (Lipinski definition) is 3. The molecule has 0 heterocycles. The van der Waals surface area contributed by atoms with E-state index in [-0.39, 0.29) is 5.41 Å². The van der Waals surface area contributed by atoms with Crippen LogP contribution in [0.3, 0.4) is 0 Å². The number of carbonyl (C=O) groups excluding carboxylic acids is 1. The Labute approximate surface area is 108 Å². The Balaban J connectivity index is 2.96. The molecule has 1 amide bonds. The number of hydrogen-bond donors (Lipinski definition) is 2. The molecule has 0 aliphatic heterocycles. The summed E-state index contributed by atoms with van der Waals surface area (Å²) in [6.07, 6.45) is 0. The summed E-state index contributed by atoms with van der Waals surface area (Å²) in [6.45, 7) is 6.24. The lowest BCUT2D eigenvalue weighted by atomic mass is 9.86. The van der Waals surface area contributed by atoms with Gasteiger partial charge in [0.05, 0.1) is 7.11 Å². The first-order valence-electron chi connectivity index (χ1n) is 5.93. The van der Waals surface area contributed by atoms with E-state index in [2.05, 4.69) is 26.1 Å². The van der Waals surface area contributed by atoms with Gasteiger partial charge in [-0.05, 0) is 23.1 Å². The van der Waals surface area contributed by atoms with Crippen LogP contribution in [0.5, 0.6) is 5.75 Å². The van der Waals surface area contributed by atoms with E-state index in [1.807, 2.05) is 18.2 Å². The quantitative estimate of drug-likeness (QED) is 0.854. The lowest BCUT2D eigenvalue weighted by Crippen LogP contribution is -2.26. The summed E-state index contributed by atoms with van der Waals surface area (Å²) in [6, 6.07) is 5.95. The second kappa shape index (κ2) is 5.87. The van der Waals surface area contributed by atoms with Gasteiger partial charge in [-0.25, -0.2) is 0 Å². The molecule has 0 aromatic heterocycles. The Morgan fingerprint density at radius 1 is 1.39 bits per heavy atom. The topological polar surface area (TPSA) is 58.6 Å². The van der Waals surface area contributed by atoms with Crippen LogP contribution >= 0.6 is 0 Å². The molecule has 0 unspecified atom stereocenters. The number of carbonyl (C=O) groups is 1. The number of nitrogens with one attached hydrogen (secondary N) is 1. The van der Waals surface area contributed by atoms with Crippen LogP contribution in [-0.4, -0.2) is 24.7 Å². The van der Waals surface area contributed by atoms with E-state index in [1.165, 1.54) is 5.56 Å². The van der Waals surface area contributed by atoms with E-state index in [0.717, 1.165) is 11.3 Å². The molecule has 0 atom stereocenters. The Morgan fingerprint density at radius 3 is 2.56 bits per heavy atom. The van der Waals surface area contributed by atoms with Crippen molar-refractivity contribution in [1.82, 2.24) is 5.32 Å². The largest absolute Gasteiger partial charge is 0.496 e. The van der Waals surface area contributed by atoms with Gasteiger partial charge >= 0.3 is 0 Å². The summed E-state index contributed by atoms with van der Waals surface area (Å²) in [5.41, 5.74) is 2.13. The molecule has 0 saturated carbocycles. The number of aliphatic hydroxyl groups is 1. The highest BCUT2D eigenvalue weighted by molar-refractivity contribution is 5.76. The fraction of sp³-hybridized carbons (Fsp3) is 0.500. The van der Waals surface area contributed by atoms with E-state index in [4.69, 9.17) is 9.84 Å². The molecule has 4 heteroatoms. The summed E-state index contributed by atoms with van der Waals surface area (Å²) in [5, 5.41) is 11.3. The normalized spacial score (nSPS) is 11.2. The minimum atomic E-state index is -0.499. The maximum absolute atomic E-state index is 11.1. The molecule has 0 radical (unpaired) electrons. The average Bonchev–Trinajstić information content (AvgIpc) is 2.34. The van der Waals surface area contributed by atoms with Crippen molar-refractivity contribution in [2.45, 2.75) is 32.7 Å². The third-order valence-corrected chi connectivity index (χ3v) is 2.77. The van der Waals surface area contributed by atoms with Crippen LogP contribution < -0.4 is 10.1 Å². The van der Waals surface area contributed by atoms with Gasteiger partial charge in [-0.15, -0.1) is 0 Å². The van der Waals surface area contributed by atoms with Gasteiger partial charge in [-0.2, -0.15) is 0 Å². The molecule has 1 aromatic rings. The third kappa shape index (κ3) is 3.74. The Bertz CT molecular complexity index is 422. The predicted octanol–water partition coefficient (Wildman–Crippen LogP) is 1.60. The van der Waals surface area contributed by atoms with Crippen LogP contribution in [0.25, 0.3) is 0 Å². The van der Waals surface area contributed by atoms with E-state index in [1.54, 1.807) is 7.11 Å². The summed E-state index contributed by atoms with van der Waals surface area (Å²) >= 11 is 0. The van der Waals surface area contributed by atoms with Crippen LogP contribution in [0, 0.1) is 0 Å². The second-order valence-electron chi connectivity index (χ2n) is 5.21. The molecule has 18 heavy (non-hydrogen) atoms. The molecule has 4 nitrogen and oxygen atoms in total. The summed E-state index contributed by atoms with van der Waals surface area (Å²) in [5.74, 6) is 0.347. The van der Waals surface area contributed by atoms with E-state index in [9.17, 15) is 4.79 Å². The van der Waals surface area contributed by atoms with E-state index >= 15 is 0 Å². The van der Waals surface area contributed by atoms with Crippen molar-refractivity contribution in [3.05, 3.63) is 29.3 Å². The van der Waals surface area contributed by atoms with Crippen molar-refractivity contribution in [2.75, 3.05) is 13.7 Å². The first-order chi connectivity index (χ1) is 8.38. The lowest BCUT2D eigenvalue weighted by Gasteiger charge is -2.21. The predicted molar refractivity (Wildman–Crippen MR) is 70.6 cm³/mol. The number of methoxy groups -OCH3 is 1. The molecule has 0 saturated heterocycles. The summed E-state index contributed by atoms with van der Waals surface area (Å²) < 4.78 is 5.27. The third-order valence-electron chi connectivity index (χ3n) is 2.77. The van der Waals surface area contributed by atoms with Crippen LogP contribution in [-0.2, 0) is 16.8 Å². The van der Waals surface area contributed by atoms with Crippen LogP contribution in [0.1, 0.15) is 31.9 Å². The van der Waals surface area contributed by atoms with Gasteiger partial charge in [-0.3, -0.25) is 4.79 Å². The maximum Gasteiger partial charge on any atom is 0.245 e. The number of ether oxygens (including phenoxy) is 1. The number of amides is 1. The minimum Gasteiger partial charge on any atom is -0.496 e. The molecule has 1 rings (SSSR count). The van der Waals surface area contributed by atoms with E-state index < -0.39 is 12.5 Å². The zero-order valence-electron chi connectivity index (χ0n) is 11.4. The zero-order valence-corrected chi connectivity index (χ0v) is 11.4. The number of benzene rings is 1. The Kier molecular flexibility index (Phi) is 4.73. The highest BCUT2D eigenvalue weighted by atomic mass is 16.5. The van der Waals surface area contributed by atoms with E-state index in [0.29, 0.717) is 6.54 Å². The molecular formula is C14H21NO3. The molecule has 100 valence electrons. The van der Waals surface area contributed by atoms with Crippen molar-refractivity contribution < 1.29 is 14.6 Å². The van der Waals surface area contributed by atoms with Crippen LogP contribution in [0.4, 0.5) is 0 Å². The van der Waals surface area contributed by atoms with Crippen molar-refractivity contribution in [3.8, 4) is 5.75 Å². The molecule has 0 spiro atoms. The SMILES string of the molecule is COc1ccc(C(C)(C)C)cc1CNC(=O)CO. The monoisotopic (exact) mass is 251 g/mol. The van der Waals surface area contributed by atoms with Gasteiger partial charge in [0.2, 0.25) is 5.91 Å². The van der Waals surface area contributed by atoms with Gasteiger partial charge in [-0.1, -0.05) is 26.8 Å². The van der Waals surface area contributed by atoms with Crippen LogP contribution in [0.15, 0.2) is 18.2 Å². The molecule has 2 N–H and O–H groups in total. The summed E-state index contributed by atoms with van der Waals surface area (Å²) in [4.78, 5) is 11.1. The molecule has 0 bridgehead atoms. The van der Waals surface area contributed by atoms with Crippen molar-refractivity contribution in [2.24, 2.45) is 0 Å². The first kappa shape index (κ1) is 14.5. The molecule has 0 aliphatic rings. The van der Waals surface area contributed by atoms with Gasteiger partial charge < -0.3 is 15.2 Å². The zero-order chi connectivity index (χ0) is 13.8. The minimum absolute atomic E-state index is 0.0437. The van der Waals surface area contributed by atoms with Gasteiger partial charge in [0, 0.05) is 12.1 Å². The Hall–Kier alpha value is -1.55. The first-order valence-corrected chi connectivity index (χ1v) is 5.93. The summed E-state index contributed by atoms with van der Waals surface area (Å²) in [7, 11) is 1.60. The standard InChI is InChI=1S/C14H21NO3/c1-14(2,3)11-5-6-12(18-4)10(7-11)8-15-13(17)9-16/h5-7,16H,8-9H2,1-4H3,(H,15,17). The lowest BCUT2D eigenvalue weighted by molar-refractivity contribution is -0.123. The van der Waals surface area contributed by atoms with Crippen LogP contribution in [0.2, 0.25) is 0 Å². The van der Waals surface area contributed by atoms with Crippen molar-refractivity contribution in [1.29, 1.82) is 0 Å². The Morgan fingerprint density at radius 2 is 2.06 bits per heavy atom. The molecule has 1 aromatic carbocycles. The van der Waals surface area contributed by atoms with Gasteiger partial charge in [0.25, 0.3) is 0 Å². The fourth-order valence-corrected chi connectivity index (χ4v) is 1.63. The van der Waals surface area contributed by atoms with Gasteiger partial charge in [0.15, 0.2) is 0 Å². The number of aliphatic hydroxyl groups excluding tert-OH is 1. The maximum atomic E-state index is 11.1. The van der Waals surface area contributed by atoms with Crippen molar-refractivity contribution in [3.63, 3.8) is 0 Å². The molecular weight excluding hydrogens is 230 g/mol. The highest BCUT2D eigenvalue weighted by Gasteiger charge is 2.16.